The first-order chi connectivity index (χ1) is 9.13. The SMILES string of the molecule is CCC(N)C(c1cccnc1)N(CC(C)C)C1CC1. The van der Waals surface area contributed by atoms with Crippen LogP contribution in [0.1, 0.15) is 51.6 Å². The Balaban J connectivity index is 2.24. The fourth-order valence-corrected chi connectivity index (χ4v) is 2.78. The number of aromatic nitrogens is 1. The Hall–Kier alpha value is -0.930. The summed E-state index contributed by atoms with van der Waals surface area (Å²) in [6.45, 7) is 7.87. The van der Waals surface area contributed by atoms with Crippen molar-refractivity contribution in [3.05, 3.63) is 30.1 Å². The molecule has 1 aliphatic rings. The van der Waals surface area contributed by atoms with E-state index in [0.29, 0.717) is 12.0 Å². The summed E-state index contributed by atoms with van der Waals surface area (Å²) in [7, 11) is 0. The number of hydrogen-bond donors (Lipinski definition) is 1. The Morgan fingerprint density at radius 3 is 2.63 bits per heavy atom. The van der Waals surface area contributed by atoms with Crippen LogP contribution >= 0.6 is 0 Å². The molecular formula is C16H27N3. The van der Waals surface area contributed by atoms with Crippen LogP contribution in [0.3, 0.4) is 0 Å². The molecule has 0 bridgehead atoms. The third kappa shape index (κ3) is 3.77. The Labute approximate surface area is 117 Å². The Morgan fingerprint density at radius 1 is 1.42 bits per heavy atom. The molecule has 2 N–H and O–H groups in total. The molecule has 2 rings (SSSR count). The summed E-state index contributed by atoms with van der Waals surface area (Å²) in [5, 5.41) is 0. The molecule has 1 heterocycles. The lowest BCUT2D eigenvalue weighted by Crippen LogP contribution is -2.43. The minimum atomic E-state index is 0.184. The first-order valence-electron chi connectivity index (χ1n) is 7.54. The van der Waals surface area contributed by atoms with Crippen LogP contribution in [0.15, 0.2) is 24.5 Å². The molecule has 1 saturated carbocycles. The topological polar surface area (TPSA) is 42.1 Å². The van der Waals surface area contributed by atoms with E-state index in [0.717, 1.165) is 19.0 Å². The van der Waals surface area contributed by atoms with Crippen molar-refractivity contribution in [3.8, 4) is 0 Å². The highest BCUT2D eigenvalue weighted by atomic mass is 15.2. The number of rotatable bonds is 7. The zero-order valence-electron chi connectivity index (χ0n) is 12.4. The van der Waals surface area contributed by atoms with Crippen LogP contribution in [0.25, 0.3) is 0 Å². The van der Waals surface area contributed by atoms with E-state index >= 15 is 0 Å². The van der Waals surface area contributed by atoms with Crippen LogP contribution in [-0.2, 0) is 0 Å². The number of hydrogen-bond acceptors (Lipinski definition) is 3. The van der Waals surface area contributed by atoms with E-state index in [1.165, 1.54) is 18.4 Å². The van der Waals surface area contributed by atoms with Crippen LogP contribution in [0.5, 0.6) is 0 Å². The van der Waals surface area contributed by atoms with Gasteiger partial charge < -0.3 is 5.73 Å². The van der Waals surface area contributed by atoms with Gasteiger partial charge in [0.1, 0.15) is 0 Å². The molecule has 0 radical (unpaired) electrons. The zero-order valence-corrected chi connectivity index (χ0v) is 12.4. The highest BCUT2D eigenvalue weighted by molar-refractivity contribution is 5.17. The van der Waals surface area contributed by atoms with Gasteiger partial charge in [-0.25, -0.2) is 0 Å². The summed E-state index contributed by atoms with van der Waals surface area (Å²) in [6.07, 6.45) is 7.46. The molecule has 0 aliphatic heterocycles. The van der Waals surface area contributed by atoms with Gasteiger partial charge >= 0.3 is 0 Å². The summed E-state index contributed by atoms with van der Waals surface area (Å²) in [6, 6.07) is 5.41. The first kappa shape index (κ1) is 14.5. The average Bonchev–Trinajstić information content (AvgIpc) is 3.22. The summed E-state index contributed by atoms with van der Waals surface area (Å²) in [5.41, 5.74) is 7.69. The van der Waals surface area contributed by atoms with E-state index in [1.807, 2.05) is 18.5 Å². The minimum absolute atomic E-state index is 0.184. The van der Waals surface area contributed by atoms with E-state index in [2.05, 4.69) is 36.7 Å². The predicted octanol–water partition coefficient (Wildman–Crippen LogP) is 2.98. The van der Waals surface area contributed by atoms with Crippen LogP contribution in [-0.4, -0.2) is 28.5 Å². The summed E-state index contributed by atoms with van der Waals surface area (Å²) in [5.74, 6) is 0.670. The molecule has 0 amide bonds. The van der Waals surface area contributed by atoms with Gasteiger partial charge in [0.2, 0.25) is 0 Å². The normalized spacial score (nSPS) is 18.8. The molecule has 2 atom stereocenters. The van der Waals surface area contributed by atoms with Crippen LogP contribution in [0, 0.1) is 5.92 Å². The summed E-state index contributed by atoms with van der Waals surface area (Å²) >= 11 is 0. The molecule has 3 nitrogen and oxygen atoms in total. The van der Waals surface area contributed by atoms with Crippen LogP contribution in [0.2, 0.25) is 0 Å². The minimum Gasteiger partial charge on any atom is -0.326 e. The molecule has 1 aromatic rings. The molecule has 1 fully saturated rings. The van der Waals surface area contributed by atoms with Crippen molar-refractivity contribution in [1.82, 2.24) is 9.88 Å². The van der Waals surface area contributed by atoms with Crippen molar-refractivity contribution in [2.75, 3.05) is 6.54 Å². The molecule has 3 heteroatoms. The highest BCUT2D eigenvalue weighted by Gasteiger charge is 2.37. The fraction of sp³-hybridized carbons (Fsp3) is 0.688. The fourth-order valence-electron chi connectivity index (χ4n) is 2.78. The second-order valence-electron chi connectivity index (χ2n) is 6.13. The van der Waals surface area contributed by atoms with Gasteiger partial charge in [0, 0.05) is 31.0 Å². The number of nitrogens with zero attached hydrogens (tertiary/aromatic N) is 2. The summed E-state index contributed by atoms with van der Waals surface area (Å²) < 4.78 is 0. The Morgan fingerprint density at radius 2 is 2.16 bits per heavy atom. The molecule has 1 aromatic heterocycles. The maximum atomic E-state index is 6.42. The molecule has 0 spiro atoms. The lowest BCUT2D eigenvalue weighted by molar-refractivity contribution is 0.141. The largest absolute Gasteiger partial charge is 0.326 e. The van der Waals surface area contributed by atoms with Crippen molar-refractivity contribution in [2.45, 2.75) is 58.2 Å². The Bertz CT molecular complexity index is 373. The zero-order chi connectivity index (χ0) is 13.8. The van der Waals surface area contributed by atoms with Gasteiger partial charge in [0.25, 0.3) is 0 Å². The van der Waals surface area contributed by atoms with E-state index in [-0.39, 0.29) is 6.04 Å². The molecule has 19 heavy (non-hydrogen) atoms. The Kier molecular flexibility index (Phi) is 4.94. The van der Waals surface area contributed by atoms with E-state index in [9.17, 15) is 0 Å². The van der Waals surface area contributed by atoms with E-state index in [4.69, 9.17) is 5.73 Å². The lowest BCUT2D eigenvalue weighted by Gasteiger charge is -2.36. The first-order valence-corrected chi connectivity index (χ1v) is 7.54. The van der Waals surface area contributed by atoms with Crippen molar-refractivity contribution in [2.24, 2.45) is 11.7 Å². The third-order valence-electron chi connectivity index (χ3n) is 3.85. The van der Waals surface area contributed by atoms with Crippen LogP contribution in [0.4, 0.5) is 0 Å². The van der Waals surface area contributed by atoms with Crippen molar-refractivity contribution in [3.63, 3.8) is 0 Å². The smallest absolute Gasteiger partial charge is 0.0517 e. The lowest BCUT2D eigenvalue weighted by atomic mass is 9.96. The van der Waals surface area contributed by atoms with Gasteiger partial charge in [-0.15, -0.1) is 0 Å². The van der Waals surface area contributed by atoms with E-state index < -0.39 is 0 Å². The third-order valence-corrected chi connectivity index (χ3v) is 3.85. The average molecular weight is 261 g/mol. The highest BCUT2D eigenvalue weighted by Crippen LogP contribution is 2.36. The summed E-state index contributed by atoms with van der Waals surface area (Å²) in [4.78, 5) is 6.90. The predicted molar refractivity (Wildman–Crippen MR) is 79.8 cm³/mol. The molecule has 0 aromatic carbocycles. The van der Waals surface area contributed by atoms with Gasteiger partial charge in [-0.1, -0.05) is 26.8 Å². The standard InChI is InChI=1S/C16H27N3/c1-4-15(17)16(13-6-5-9-18-10-13)19(11-12(2)3)14-7-8-14/h5-6,9-10,12,14-16H,4,7-8,11,17H2,1-3H3. The van der Waals surface area contributed by atoms with Gasteiger partial charge in [-0.3, -0.25) is 9.88 Å². The van der Waals surface area contributed by atoms with Gasteiger partial charge in [-0.2, -0.15) is 0 Å². The molecule has 0 saturated heterocycles. The number of nitrogens with two attached hydrogens (primary N) is 1. The quantitative estimate of drug-likeness (QED) is 0.820. The van der Waals surface area contributed by atoms with Gasteiger partial charge in [0.05, 0.1) is 6.04 Å². The van der Waals surface area contributed by atoms with Crippen molar-refractivity contribution >= 4 is 0 Å². The second kappa shape index (κ2) is 6.49. The van der Waals surface area contributed by atoms with Crippen molar-refractivity contribution < 1.29 is 0 Å². The van der Waals surface area contributed by atoms with Crippen molar-refractivity contribution in [1.29, 1.82) is 0 Å². The monoisotopic (exact) mass is 261 g/mol. The maximum Gasteiger partial charge on any atom is 0.0517 e. The second-order valence-corrected chi connectivity index (χ2v) is 6.13. The molecule has 2 unspecified atom stereocenters. The van der Waals surface area contributed by atoms with Crippen LogP contribution < -0.4 is 5.73 Å². The molecule has 1 aliphatic carbocycles. The molecular weight excluding hydrogens is 234 g/mol. The number of pyridine rings is 1. The van der Waals surface area contributed by atoms with E-state index in [1.54, 1.807) is 0 Å². The van der Waals surface area contributed by atoms with Gasteiger partial charge in [-0.05, 0) is 36.8 Å². The maximum absolute atomic E-state index is 6.42. The van der Waals surface area contributed by atoms with Gasteiger partial charge in [0.15, 0.2) is 0 Å². The molecule has 106 valence electrons.